The van der Waals surface area contributed by atoms with E-state index in [0.29, 0.717) is 0 Å². The summed E-state index contributed by atoms with van der Waals surface area (Å²) in [7, 11) is -2.76. The molecule has 0 atom stereocenters. The van der Waals surface area contributed by atoms with Crippen molar-refractivity contribution in [2.45, 2.75) is 0 Å². The molecule has 0 bridgehead atoms. The summed E-state index contributed by atoms with van der Waals surface area (Å²) in [5.74, 6) is 0. The van der Waals surface area contributed by atoms with Gasteiger partial charge in [-0.3, -0.25) is 0 Å². The van der Waals surface area contributed by atoms with E-state index in [1.165, 1.54) is 31.9 Å². The van der Waals surface area contributed by atoms with Gasteiger partial charge in [0.2, 0.25) is 0 Å². The van der Waals surface area contributed by atoms with Crippen LogP contribution in [0.4, 0.5) is 0 Å². The number of benzene rings is 6. The van der Waals surface area contributed by atoms with E-state index in [1.54, 1.807) is 6.33 Å². The Balaban J connectivity index is 1.46. The second-order valence-electron chi connectivity index (χ2n) is 11.1. The van der Waals surface area contributed by atoms with Crippen LogP contribution in [0.1, 0.15) is 0 Å². The average molecular weight is 580 g/mol. The zero-order chi connectivity index (χ0) is 29.3. The lowest BCUT2D eigenvalue weighted by atomic mass is 10.1. The fraction of sp³-hybridized carbons (Fsp3) is 0. The molecular formula is C40H29N3Si. The lowest BCUT2D eigenvalue weighted by molar-refractivity contribution is 1.14. The normalized spacial score (nSPS) is 11.6. The van der Waals surface area contributed by atoms with Gasteiger partial charge in [-0.05, 0) is 50.1 Å². The van der Waals surface area contributed by atoms with Crippen LogP contribution in [0.3, 0.4) is 0 Å². The van der Waals surface area contributed by atoms with Gasteiger partial charge in [0.05, 0.1) is 22.7 Å². The molecule has 8 rings (SSSR count). The lowest BCUT2D eigenvalue weighted by Gasteiger charge is -2.34. The van der Waals surface area contributed by atoms with Gasteiger partial charge in [-0.25, -0.2) is 9.97 Å². The second-order valence-corrected chi connectivity index (χ2v) is 14.9. The number of aromatic nitrogens is 3. The van der Waals surface area contributed by atoms with Crippen molar-refractivity contribution in [3.63, 3.8) is 0 Å². The number of hydrogen-bond donors (Lipinski definition) is 0. The Labute approximate surface area is 257 Å². The Kier molecular flexibility index (Phi) is 6.47. The summed E-state index contributed by atoms with van der Waals surface area (Å²) in [6.07, 6.45) is 3.57. The molecule has 0 saturated heterocycles. The molecule has 44 heavy (non-hydrogen) atoms. The van der Waals surface area contributed by atoms with Gasteiger partial charge in [0, 0.05) is 11.1 Å². The predicted octanol–water partition coefficient (Wildman–Crippen LogP) is 6.62. The smallest absolute Gasteiger partial charge is 0.179 e. The molecule has 0 N–H and O–H groups in total. The third-order valence-corrected chi connectivity index (χ3v) is 13.5. The van der Waals surface area contributed by atoms with Crippen molar-refractivity contribution in [3.8, 4) is 16.8 Å². The van der Waals surface area contributed by atoms with Gasteiger partial charge in [-0.1, -0.05) is 146 Å². The third kappa shape index (κ3) is 4.19. The van der Waals surface area contributed by atoms with Gasteiger partial charge >= 0.3 is 0 Å². The van der Waals surface area contributed by atoms with Crippen LogP contribution in [0, 0.1) is 0 Å². The number of nitrogens with zero attached hydrogens (tertiary/aromatic N) is 3. The maximum atomic E-state index is 4.74. The van der Waals surface area contributed by atoms with Crippen molar-refractivity contribution < 1.29 is 0 Å². The molecule has 0 aliphatic rings. The molecule has 6 aromatic carbocycles. The monoisotopic (exact) mass is 579 g/mol. The number of rotatable bonds is 6. The molecular weight excluding hydrogens is 551 g/mol. The predicted molar refractivity (Wildman–Crippen MR) is 185 cm³/mol. The maximum Gasteiger partial charge on any atom is 0.179 e. The van der Waals surface area contributed by atoms with Crippen molar-refractivity contribution in [1.29, 1.82) is 0 Å². The highest BCUT2D eigenvalue weighted by Crippen LogP contribution is 2.30. The first-order chi connectivity index (χ1) is 21.8. The molecule has 0 saturated carbocycles. The van der Waals surface area contributed by atoms with Gasteiger partial charge in [-0.2, -0.15) is 0 Å². The molecule has 0 aliphatic heterocycles. The summed E-state index contributed by atoms with van der Waals surface area (Å²) in [5.41, 5.74) is 6.64. The van der Waals surface area contributed by atoms with E-state index in [1.807, 2.05) is 6.20 Å². The number of hydrogen-bond acceptors (Lipinski definition) is 2. The molecule has 0 fully saturated rings. The Bertz CT molecular complexity index is 2150. The average Bonchev–Trinajstić information content (AvgIpc) is 3.44. The van der Waals surface area contributed by atoms with Crippen LogP contribution < -0.4 is 20.7 Å². The van der Waals surface area contributed by atoms with E-state index in [9.17, 15) is 0 Å². The van der Waals surface area contributed by atoms with Crippen LogP contribution in [0.5, 0.6) is 0 Å². The van der Waals surface area contributed by atoms with Crippen molar-refractivity contribution >= 4 is 50.8 Å². The van der Waals surface area contributed by atoms with E-state index in [4.69, 9.17) is 4.98 Å². The van der Waals surface area contributed by atoms with Crippen LogP contribution in [-0.2, 0) is 0 Å². The van der Waals surface area contributed by atoms with E-state index >= 15 is 0 Å². The molecule has 4 heteroatoms. The molecule has 0 amide bonds. The van der Waals surface area contributed by atoms with Gasteiger partial charge in [0.25, 0.3) is 0 Å². The maximum absolute atomic E-state index is 4.74. The molecule has 0 radical (unpaired) electrons. The highest BCUT2D eigenvalue weighted by Gasteiger charge is 2.41. The molecule has 0 aliphatic carbocycles. The summed E-state index contributed by atoms with van der Waals surface area (Å²) >= 11 is 0. The van der Waals surface area contributed by atoms with Gasteiger partial charge in [0.15, 0.2) is 8.07 Å². The highest BCUT2D eigenvalue weighted by atomic mass is 28.3. The van der Waals surface area contributed by atoms with Crippen molar-refractivity contribution in [2.24, 2.45) is 0 Å². The third-order valence-electron chi connectivity index (χ3n) is 8.71. The molecule has 0 spiro atoms. The van der Waals surface area contributed by atoms with E-state index in [2.05, 4.69) is 173 Å². The largest absolute Gasteiger partial charge is 0.306 e. The van der Waals surface area contributed by atoms with Crippen LogP contribution >= 0.6 is 0 Å². The van der Waals surface area contributed by atoms with Crippen LogP contribution in [0.25, 0.3) is 38.8 Å². The molecule has 0 unspecified atom stereocenters. The fourth-order valence-electron chi connectivity index (χ4n) is 6.75. The summed E-state index contributed by atoms with van der Waals surface area (Å²) in [5, 5.41) is 6.48. The standard InChI is InChI=1S/C40H29N3Si/c1-5-13-30(14-6-1)31-21-23-35(24-22-31)44(33-17-9-3-10-18-33,34-19-11-4-12-20-34)36-25-26-37-38(27-36)43(32-15-7-2-8-16-32)39-28-41-29-42-40(37)39/h1-29H. The second kappa shape index (κ2) is 10.9. The Hall–Kier alpha value is -5.58. The van der Waals surface area contributed by atoms with Crippen LogP contribution in [-0.4, -0.2) is 22.6 Å². The number of fused-ring (bicyclic) bond motifs is 3. The topological polar surface area (TPSA) is 30.7 Å². The summed E-state index contributed by atoms with van der Waals surface area (Å²) < 4.78 is 2.31. The Morgan fingerprint density at radius 2 is 0.977 bits per heavy atom. The summed E-state index contributed by atoms with van der Waals surface area (Å²) in [6, 6.07) is 59.6. The minimum absolute atomic E-state index is 0.962. The lowest BCUT2D eigenvalue weighted by Crippen LogP contribution is -2.74. The van der Waals surface area contributed by atoms with E-state index < -0.39 is 8.07 Å². The first-order valence-corrected chi connectivity index (χ1v) is 16.9. The molecule has 2 aromatic heterocycles. The van der Waals surface area contributed by atoms with Crippen molar-refractivity contribution in [2.75, 3.05) is 0 Å². The van der Waals surface area contributed by atoms with Crippen LogP contribution in [0.15, 0.2) is 176 Å². The zero-order valence-corrected chi connectivity index (χ0v) is 25.1. The fourth-order valence-corrected chi connectivity index (χ4v) is 11.5. The Morgan fingerprint density at radius 1 is 0.455 bits per heavy atom. The van der Waals surface area contributed by atoms with Gasteiger partial charge in [0.1, 0.15) is 6.33 Å². The first-order valence-electron chi connectivity index (χ1n) is 14.9. The molecule has 208 valence electrons. The van der Waals surface area contributed by atoms with Crippen molar-refractivity contribution in [1.82, 2.24) is 14.5 Å². The number of para-hydroxylation sites is 1. The van der Waals surface area contributed by atoms with E-state index in [0.717, 1.165) is 27.6 Å². The summed E-state index contributed by atoms with van der Waals surface area (Å²) in [6.45, 7) is 0. The van der Waals surface area contributed by atoms with Gasteiger partial charge < -0.3 is 4.57 Å². The molecule has 8 aromatic rings. The quantitative estimate of drug-likeness (QED) is 0.164. The Morgan fingerprint density at radius 3 is 1.61 bits per heavy atom. The SMILES string of the molecule is c1ccc(-c2ccc([Si](c3ccccc3)(c3ccccc3)c3ccc4c5ncncc5n(-c5ccccc5)c4c3)cc2)cc1. The molecule has 2 heterocycles. The minimum atomic E-state index is -2.76. The van der Waals surface area contributed by atoms with Crippen molar-refractivity contribution in [3.05, 3.63) is 176 Å². The summed E-state index contributed by atoms with van der Waals surface area (Å²) in [4.78, 5) is 9.16. The zero-order valence-electron chi connectivity index (χ0n) is 24.1. The minimum Gasteiger partial charge on any atom is -0.306 e. The first kappa shape index (κ1) is 26.1. The molecule has 3 nitrogen and oxygen atoms in total. The van der Waals surface area contributed by atoms with E-state index in [-0.39, 0.29) is 0 Å². The van der Waals surface area contributed by atoms with Crippen LogP contribution in [0.2, 0.25) is 0 Å². The van der Waals surface area contributed by atoms with Gasteiger partial charge in [-0.15, -0.1) is 0 Å². The highest BCUT2D eigenvalue weighted by molar-refractivity contribution is 7.20.